The molecule has 0 saturated heterocycles. The number of aliphatic hydroxyl groups excluding tert-OH is 1. The second-order valence-electron chi connectivity index (χ2n) is 4.61. The molecule has 0 unspecified atom stereocenters. The van der Waals surface area contributed by atoms with Gasteiger partial charge in [0.15, 0.2) is 0 Å². The van der Waals surface area contributed by atoms with E-state index in [1.165, 1.54) is 0 Å². The Morgan fingerprint density at radius 3 is 2.56 bits per heavy atom. The molecule has 0 spiro atoms. The zero-order chi connectivity index (χ0) is 12.1. The van der Waals surface area contributed by atoms with E-state index in [0.717, 1.165) is 18.4 Å². The normalized spacial score (nSPS) is 13.1. The van der Waals surface area contributed by atoms with Gasteiger partial charge in [-0.05, 0) is 30.4 Å². The van der Waals surface area contributed by atoms with E-state index in [2.05, 4.69) is 13.8 Å². The van der Waals surface area contributed by atoms with E-state index in [1.54, 1.807) is 6.07 Å². The first kappa shape index (κ1) is 13.0. The van der Waals surface area contributed by atoms with Crippen molar-refractivity contribution in [2.45, 2.75) is 32.7 Å². The Kier molecular flexibility index (Phi) is 4.77. The summed E-state index contributed by atoms with van der Waals surface area (Å²) in [6.07, 6.45) is 2.08. The molecule has 0 saturated carbocycles. The first-order valence-electron chi connectivity index (χ1n) is 5.72. The van der Waals surface area contributed by atoms with Crippen LogP contribution in [0, 0.1) is 5.92 Å². The third-order valence-corrected chi connectivity index (χ3v) is 2.70. The van der Waals surface area contributed by atoms with Crippen molar-refractivity contribution >= 4 is 0 Å². The van der Waals surface area contributed by atoms with Gasteiger partial charge in [-0.25, -0.2) is 0 Å². The van der Waals surface area contributed by atoms with Crippen LogP contribution < -0.4 is 5.73 Å². The molecule has 1 aromatic rings. The predicted octanol–water partition coefficient (Wildman–Crippen LogP) is 1.97. The monoisotopic (exact) mass is 223 g/mol. The van der Waals surface area contributed by atoms with Crippen molar-refractivity contribution in [2.75, 3.05) is 6.61 Å². The molecule has 0 bridgehead atoms. The van der Waals surface area contributed by atoms with E-state index in [-0.39, 0.29) is 12.4 Å². The molecule has 0 radical (unpaired) electrons. The summed E-state index contributed by atoms with van der Waals surface area (Å²) < 4.78 is 0. The highest BCUT2D eigenvalue weighted by molar-refractivity contribution is 5.38. The molecular formula is C13H21NO2. The second kappa shape index (κ2) is 5.87. The van der Waals surface area contributed by atoms with Gasteiger partial charge in [0.1, 0.15) is 5.75 Å². The molecule has 0 fully saturated rings. The maximum Gasteiger partial charge on any atom is 0.120 e. The first-order chi connectivity index (χ1) is 7.54. The number of hydrogen-bond donors (Lipinski definition) is 3. The highest BCUT2D eigenvalue weighted by atomic mass is 16.3. The van der Waals surface area contributed by atoms with E-state index in [1.807, 2.05) is 12.1 Å². The minimum Gasteiger partial charge on any atom is -0.508 e. The van der Waals surface area contributed by atoms with Gasteiger partial charge in [-0.3, -0.25) is 0 Å². The number of phenolic OH excluding ortho intramolecular Hbond substituents is 1. The number of aromatic hydroxyl groups is 1. The molecule has 1 rings (SSSR count). The summed E-state index contributed by atoms with van der Waals surface area (Å²) in [5, 5.41) is 18.6. The second-order valence-corrected chi connectivity index (χ2v) is 4.61. The highest BCUT2D eigenvalue weighted by Crippen LogP contribution is 2.24. The van der Waals surface area contributed by atoms with Gasteiger partial charge in [0.05, 0.1) is 12.6 Å². The highest BCUT2D eigenvalue weighted by Gasteiger charge is 2.10. The molecule has 0 aliphatic heterocycles. The minimum absolute atomic E-state index is 0.152. The summed E-state index contributed by atoms with van der Waals surface area (Å²) in [6, 6.07) is 4.95. The Balaban J connectivity index is 2.81. The molecule has 4 N–H and O–H groups in total. The van der Waals surface area contributed by atoms with Crippen molar-refractivity contribution < 1.29 is 10.2 Å². The Morgan fingerprint density at radius 1 is 1.31 bits per heavy atom. The molecule has 0 amide bonds. The number of benzene rings is 1. The van der Waals surface area contributed by atoms with Crippen LogP contribution in [0.15, 0.2) is 18.2 Å². The molecule has 90 valence electrons. The summed E-state index contributed by atoms with van der Waals surface area (Å²) in [4.78, 5) is 0. The van der Waals surface area contributed by atoms with Crippen LogP contribution >= 0.6 is 0 Å². The van der Waals surface area contributed by atoms with Crippen LogP contribution in [0.1, 0.15) is 37.4 Å². The van der Waals surface area contributed by atoms with Gasteiger partial charge in [0.2, 0.25) is 0 Å². The van der Waals surface area contributed by atoms with Gasteiger partial charge in [0.25, 0.3) is 0 Å². The van der Waals surface area contributed by atoms with Crippen molar-refractivity contribution in [3.8, 4) is 5.75 Å². The molecule has 1 aromatic carbocycles. The molecule has 3 nitrogen and oxygen atoms in total. The summed E-state index contributed by atoms with van der Waals surface area (Å²) in [5.74, 6) is 0.818. The van der Waals surface area contributed by atoms with Crippen LogP contribution in [-0.4, -0.2) is 16.8 Å². The molecule has 1 atom stereocenters. The lowest BCUT2D eigenvalue weighted by Gasteiger charge is -2.13. The average molecular weight is 223 g/mol. The topological polar surface area (TPSA) is 66.5 Å². The Hall–Kier alpha value is -1.06. The number of aryl methyl sites for hydroxylation is 1. The number of rotatable bonds is 5. The van der Waals surface area contributed by atoms with Crippen molar-refractivity contribution in [1.82, 2.24) is 0 Å². The standard InChI is InChI=1S/C13H21NO2/c1-9(2)3-4-10-5-6-13(16)11(7-10)12(14)8-15/h5-7,9,12,15-16H,3-4,8,14H2,1-2H3/t12-/m0/s1. The number of nitrogens with two attached hydrogens (primary N) is 1. The van der Waals surface area contributed by atoms with Gasteiger partial charge in [0, 0.05) is 5.56 Å². The zero-order valence-electron chi connectivity index (χ0n) is 9.98. The van der Waals surface area contributed by atoms with Crippen LogP contribution in [-0.2, 0) is 6.42 Å². The van der Waals surface area contributed by atoms with Crippen LogP contribution in [0.25, 0.3) is 0 Å². The first-order valence-corrected chi connectivity index (χ1v) is 5.72. The SMILES string of the molecule is CC(C)CCc1ccc(O)c([C@@H](N)CO)c1. The van der Waals surface area contributed by atoms with E-state index in [4.69, 9.17) is 10.8 Å². The largest absolute Gasteiger partial charge is 0.508 e. The summed E-state index contributed by atoms with van der Waals surface area (Å²) >= 11 is 0. The predicted molar refractivity (Wildman–Crippen MR) is 65.3 cm³/mol. The Labute approximate surface area is 96.9 Å². The lowest BCUT2D eigenvalue weighted by Crippen LogP contribution is -2.14. The minimum atomic E-state index is -0.501. The number of hydrogen-bond acceptors (Lipinski definition) is 3. The molecule has 0 aliphatic carbocycles. The summed E-state index contributed by atoms with van der Waals surface area (Å²) in [6.45, 7) is 4.21. The van der Waals surface area contributed by atoms with E-state index < -0.39 is 6.04 Å². The van der Waals surface area contributed by atoms with Crippen molar-refractivity contribution in [1.29, 1.82) is 0 Å². The van der Waals surface area contributed by atoms with Gasteiger partial charge >= 0.3 is 0 Å². The third kappa shape index (κ3) is 3.51. The van der Waals surface area contributed by atoms with Crippen LogP contribution in [0.4, 0.5) is 0 Å². The van der Waals surface area contributed by atoms with Gasteiger partial charge < -0.3 is 15.9 Å². The number of aliphatic hydroxyl groups is 1. The molecule has 0 aromatic heterocycles. The van der Waals surface area contributed by atoms with Crippen molar-refractivity contribution in [3.05, 3.63) is 29.3 Å². The lowest BCUT2D eigenvalue weighted by atomic mass is 9.98. The maximum absolute atomic E-state index is 9.62. The van der Waals surface area contributed by atoms with Gasteiger partial charge in [-0.2, -0.15) is 0 Å². The van der Waals surface area contributed by atoms with Crippen molar-refractivity contribution in [2.24, 2.45) is 11.7 Å². The molecule has 3 heteroatoms. The molecular weight excluding hydrogens is 202 g/mol. The van der Waals surface area contributed by atoms with Crippen LogP contribution in [0.3, 0.4) is 0 Å². The summed E-state index contributed by atoms with van der Waals surface area (Å²) in [7, 11) is 0. The smallest absolute Gasteiger partial charge is 0.120 e. The van der Waals surface area contributed by atoms with E-state index in [0.29, 0.717) is 11.5 Å². The molecule has 0 aliphatic rings. The van der Waals surface area contributed by atoms with Crippen LogP contribution in [0.5, 0.6) is 5.75 Å². The third-order valence-electron chi connectivity index (χ3n) is 2.70. The fourth-order valence-corrected chi connectivity index (χ4v) is 1.61. The number of phenols is 1. The zero-order valence-corrected chi connectivity index (χ0v) is 9.98. The van der Waals surface area contributed by atoms with E-state index in [9.17, 15) is 5.11 Å². The fraction of sp³-hybridized carbons (Fsp3) is 0.538. The average Bonchev–Trinajstić information content (AvgIpc) is 2.27. The quantitative estimate of drug-likeness (QED) is 0.715. The maximum atomic E-state index is 9.62. The van der Waals surface area contributed by atoms with Gasteiger partial charge in [-0.15, -0.1) is 0 Å². The molecule has 0 heterocycles. The van der Waals surface area contributed by atoms with Crippen molar-refractivity contribution in [3.63, 3.8) is 0 Å². The van der Waals surface area contributed by atoms with E-state index >= 15 is 0 Å². The lowest BCUT2D eigenvalue weighted by molar-refractivity contribution is 0.265. The molecule has 16 heavy (non-hydrogen) atoms. The Bertz CT molecular complexity index is 337. The van der Waals surface area contributed by atoms with Crippen LogP contribution in [0.2, 0.25) is 0 Å². The summed E-state index contributed by atoms with van der Waals surface area (Å²) in [5.41, 5.74) is 7.50. The fourth-order valence-electron chi connectivity index (χ4n) is 1.61. The van der Waals surface area contributed by atoms with Gasteiger partial charge in [-0.1, -0.05) is 26.0 Å². The Morgan fingerprint density at radius 2 is 2.00 bits per heavy atom.